The van der Waals surface area contributed by atoms with Crippen LogP contribution < -0.4 is 10.6 Å². The molecule has 1 unspecified atom stereocenters. The van der Waals surface area contributed by atoms with Gasteiger partial charge in [-0.2, -0.15) is 0 Å². The van der Waals surface area contributed by atoms with Crippen LogP contribution in [-0.2, 0) is 0 Å². The Kier molecular flexibility index (Phi) is 4.10. The lowest BCUT2D eigenvalue weighted by Gasteiger charge is -2.27. The van der Waals surface area contributed by atoms with Crippen LogP contribution in [-0.4, -0.2) is 44.0 Å². The number of anilines is 1. The molecule has 19 heavy (non-hydrogen) atoms. The topological polar surface area (TPSA) is 56.4 Å². The molecule has 0 aliphatic carbocycles. The Hall–Kier alpha value is -1.55. The molecule has 1 atom stereocenters. The van der Waals surface area contributed by atoms with Crippen molar-refractivity contribution in [2.45, 2.75) is 25.8 Å². The predicted molar refractivity (Wildman–Crippen MR) is 81.1 cm³/mol. The van der Waals surface area contributed by atoms with Gasteiger partial charge in [-0.05, 0) is 57.1 Å². The zero-order chi connectivity index (χ0) is 14.0. The maximum atomic E-state index is 7.52. The Bertz CT molecular complexity index is 469. The van der Waals surface area contributed by atoms with Crippen LogP contribution in [0.5, 0.6) is 0 Å². The normalized spacial score (nSPS) is 19.6. The van der Waals surface area contributed by atoms with Crippen molar-refractivity contribution >= 4 is 11.5 Å². The average molecular weight is 260 g/mol. The lowest BCUT2D eigenvalue weighted by molar-refractivity contribution is 0.314. The molecule has 1 fully saturated rings. The molecule has 4 heteroatoms. The number of rotatable bonds is 4. The standard InChI is InChI=1S/C15H24N4/c1-11-9-12(6-7-14(11)15(16)17)19(3)10-13-5-4-8-18(13)2/h6-7,9,13H,4-5,8,10H2,1-3H3,(H3,16,17). The second-order valence-corrected chi connectivity index (χ2v) is 5.57. The lowest BCUT2D eigenvalue weighted by Crippen LogP contribution is -2.36. The minimum atomic E-state index is 0.141. The number of hydrogen-bond donors (Lipinski definition) is 2. The number of nitrogens with zero attached hydrogens (tertiary/aromatic N) is 2. The van der Waals surface area contributed by atoms with Gasteiger partial charge in [-0.1, -0.05) is 0 Å². The molecule has 0 saturated carbocycles. The number of benzene rings is 1. The fraction of sp³-hybridized carbons (Fsp3) is 0.533. The van der Waals surface area contributed by atoms with Crippen molar-refractivity contribution in [2.24, 2.45) is 5.73 Å². The second-order valence-electron chi connectivity index (χ2n) is 5.57. The van der Waals surface area contributed by atoms with E-state index in [0.29, 0.717) is 6.04 Å². The number of amidine groups is 1. The molecule has 104 valence electrons. The molecular formula is C15H24N4. The molecular weight excluding hydrogens is 236 g/mol. The van der Waals surface area contributed by atoms with E-state index < -0.39 is 0 Å². The number of likely N-dealkylation sites (N-methyl/N-ethyl adjacent to an activating group) is 2. The van der Waals surface area contributed by atoms with E-state index >= 15 is 0 Å². The summed E-state index contributed by atoms with van der Waals surface area (Å²) in [4.78, 5) is 4.73. The molecule has 1 heterocycles. The summed E-state index contributed by atoms with van der Waals surface area (Å²) in [5.41, 5.74) is 8.65. The third-order valence-electron chi connectivity index (χ3n) is 4.10. The molecule has 1 aromatic carbocycles. The summed E-state index contributed by atoms with van der Waals surface area (Å²) in [5, 5.41) is 7.52. The monoisotopic (exact) mass is 260 g/mol. The van der Waals surface area contributed by atoms with Gasteiger partial charge in [0.25, 0.3) is 0 Å². The molecule has 1 aliphatic heterocycles. The number of nitrogens with two attached hydrogens (primary N) is 1. The molecule has 0 radical (unpaired) electrons. The van der Waals surface area contributed by atoms with Crippen molar-refractivity contribution in [1.29, 1.82) is 5.41 Å². The Morgan fingerprint density at radius 1 is 1.53 bits per heavy atom. The van der Waals surface area contributed by atoms with E-state index in [9.17, 15) is 0 Å². The summed E-state index contributed by atoms with van der Waals surface area (Å²) in [7, 11) is 4.34. The SMILES string of the molecule is Cc1cc(N(C)CC2CCCN2C)ccc1C(=N)N. The first-order valence-corrected chi connectivity index (χ1v) is 6.85. The summed E-state index contributed by atoms with van der Waals surface area (Å²) < 4.78 is 0. The maximum absolute atomic E-state index is 7.52. The van der Waals surface area contributed by atoms with Gasteiger partial charge in [-0.3, -0.25) is 5.41 Å². The largest absolute Gasteiger partial charge is 0.384 e. The molecule has 1 aromatic rings. The third-order valence-corrected chi connectivity index (χ3v) is 4.10. The van der Waals surface area contributed by atoms with Crippen LogP contribution in [0.2, 0.25) is 0 Å². The molecule has 4 nitrogen and oxygen atoms in total. The van der Waals surface area contributed by atoms with Crippen LogP contribution in [0.4, 0.5) is 5.69 Å². The van der Waals surface area contributed by atoms with Crippen molar-refractivity contribution in [1.82, 2.24) is 4.90 Å². The number of aryl methyl sites for hydroxylation is 1. The summed E-state index contributed by atoms with van der Waals surface area (Å²) in [6.45, 7) is 4.27. The fourth-order valence-corrected chi connectivity index (χ4v) is 2.82. The quantitative estimate of drug-likeness (QED) is 0.641. The molecule has 0 amide bonds. The molecule has 0 spiro atoms. The maximum Gasteiger partial charge on any atom is 0.123 e. The van der Waals surface area contributed by atoms with Crippen LogP contribution >= 0.6 is 0 Å². The average Bonchev–Trinajstić information content (AvgIpc) is 2.74. The van der Waals surface area contributed by atoms with Gasteiger partial charge >= 0.3 is 0 Å². The van der Waals surface area contributed by atoms with Crippen LogP contribution in [0.3, 0.4) is 0 Å². The Morgan fingerprint density at radius 3 is 2.79 bits per heavy atom. The first kappa shape index (κ1) is 13.9. The Morgan fingerprint density at radius 2 is 2.26 bits per heavy atom. The van der Waals surface area contributed by atoms with Crippen LogP contribution in [0.1, 0.15) is 24.0 Å². The van der Waals surface area contributed by atoms with Crippen LogP contribution in [0, 0.1) is 12.3 Å². The number of nitrogen functional groups attached to an aromatic ring is 1. The zero-order valence-electron chi connectivity index (χ0n) is 12.1. The highest BCUT2D eigenvalue weighted by Crippen LogP contribution is 2.21. The van der Waals surface area contributed by atoms with Crippen molar-refractivity contribution in [3.05, 3.63) is 29.3 Å². The highest BCUT2D eigenvalue weighted by molar-refractivity contribution is 5.96. The van der Waals surface area contributed by atoms with Crippen LogP contribution in [0.15, 0.2) is 18.2 Å². The van der Waals surface area contributed by atoms with Gasteiger partial charge in [-0.25, -0.2) is 0 Å². The lowest BCUT2D eigenvalue weighted by atomic mass is 10.1. The summed E-state index contributed by atoms with van der Waals surface area (Å²) in [6.07, 6.45) is 2.59. The third kappa shape index (κ3) is 3.07. The van der Waals surface area contributed by atoms with Gasteiger partial charge in [0, 0.05) is 30.9 Å². The van der Waals surface area contributed by atoms with E-state index in [1.54, 1.807) is 0 Å². The van der Waals surface area contributed by atoms with Crippen LogP contribution in [0.25, 0.3) is 0 Å². The van der Waals surface area contributed by atoms with Crippen molar-refractivity contribution in [2.75, 3.05) is 32.1 Å². The first-order valence-electron chi connectivity index (χ1n) is 6.85. The van der Waals surface area contributed by atoms with Crippen molar-refractivity contribution in [3.8, 4) is 0 Å². The van der Waals surface area contributed by atoms with Crippen molar-refractivity contribution in [3.63, 3.8) is 0 Å². The Balaban J connectivity index is 2.09. The number of hydrogen-bond acceptors (Lipinski definition) is 3. The molecule has 0 aromatic heterocycles. The zero-order valence-corrected chi connectivity index (χ0v) is 12.1. The van der Waals surface area contributed by atoms with Gasteiger partial charge in [-0.15, -0.1) is 0 Å². The second kappa shape index (κ2) is 5.61. The number of nitrogens with one attached hydrogen (secondary N) is 1. The highest BCUT2D eigenvalue weighted by atomic mass is 15.2. The minimum Gasteiger partial charge on any atom is -0.384 e. The van der Waals surface area contributed by atoms with Gasteiger partial charge in [0.15, 0.2) is 0 Å². The summed E-state index contributed by atoms with van der Waals surface area (Å²) in [6, 6.07) is 6.77. The van der Waals surface area contributed by atoms with Crippen molar-refractivity contribution < 1.29 is 0 Å². The summed E-state index contributed by atoms with van der Waals surface area (Å²) in [5.74, 6) is 0.141. The molecule has 1 aliphatic rings. The highest BCUT2D eigenvalue weighted by Gasteiger charge is 2.22. The number of likely N-dealkylation sites (tertiary alicyclic amines) is 1. The fourth-order valence-electron chi connectivity index (χ4n) is 2.82. The van der Waals surface area contributed by atoms with E-state index in [-0.39, 0.29) is 5.84 Å². The first-order chi connectivity index (χ1) is 8.99. The Labute approximate surface area is 115 Å². The summed E-state index contributed by atoms with van der Waals surface area (Å²) >= 11 is 0. The molecule has 2 rings (SSSR count). The molecule has 3 N–H and O–H groups in total. The molecule has 0 bridgehead atoms. The smallest absolute Gasteiger partial charge is 0.123 e. The van der Waals surface area contributed by atoms with Gasteiger partial charge in [0.1, 0.15) is 5.84 Å². The van der Waals surface area contributed by atoms with Gasteiger partial charge in [0.2, 0.25) is 0 Å². The minimum absolute atomic E-state index is 0.141. The van der Waals surface area contributed by atoms with Gasteiger partial charge < -0.3 is 15.5 Å². The van der Waals surface area contributed by atoms with Gasteiger partial charge in [0.05, 0.1) is 0 Å². The van der Waals surface area contributed by atoms with E-state index in [1.165, 1.54) is 25.1 Å². The predicted octanol–water partition coefficient (Wildman–Crippen LogP) is 1.81. The molecule has 1 saturated heterocycles. The van der Waals surface area contributed by atoms with E-state index in [0.717, 1.165) is 17.7 Å². The van der Waals surface area contributed by atoms with E-state index in [1.807, 2.05) is 13.0 Å². The van der Waals surface area contributed by atoms with E-state index in [2.05, 4.69) is 36.0 Å². The van der Waals surface area contributed by atoms with E-state index in [4.69, 9.17) is 11.1 Å².